The standard InChI is InChI=1S/C6H14O.2C6H13.Al/c1-2-3-4-5-6-7;2*1-3-5-6-4-2;/h7H,2-6H2,1H3;2*1,3-6H2,2H3;. The maximum Gasteiger partial charge on any atom is 0.199 e. The smallest absolute Gasteiger partial charge is 0.199 e. The minimum absolute atomic E-state index is 0.361. The Morgan fingerprint density at radius 1 is 0.550 bits per heavy atom. The van der Waals surface area contributed by atoms with Gasteiger partial charge in [0.15, 0.2) is 15.2 Å². The Morgan fingerprint density at radius 2 is 0.950 bits per heavy atom. The highest BCUT2D eigenvalue weighted by molar-refractivity contribution is 6.35. The summed E-state index contributed by atoms with van der Waals surface area (Å²) in [5.41, 5.74) is 0. The van der Waals surface area contributed by atoms with Crippen LogP contribution in [0.5, 0.6) is 0 Å². The van der Waals surface area contributed by atoms with Gasteiger partial charge in [0.1, 0.15) is 0 Å². The molecule has 1 nitrogen and oxygen atoms in total. The van der Waals surface area contributed by atoms with E-state index in [2.05, 4.69) is 20.8 Å². The van der Waals surface area contributed by atoms with Crippen molar-refractivity contribution in [3.05, 3.63) is 0 Å². The van der Waals surface area contributed by atoms with E-state index < -0.39 is 0 Å². The molecule has 20 heavy (non-hydrogen) atoms. The van der Waals surface area contributed by atoms with E-state index in [0.717, 1.165) is 21.6 Å². The molecule has 0 rings (SSSR count). The van der Waals surface area contributed by atoms with E-state index in [1.54, 1.807) is 10.6 Å². The summed E-state index contributed by atoms with van der Waals surface area (Å²) in [5.74, 6) is 0. The molecule has 0 aliphatic rings. The zero-order valence-corrected chi connectivity index (χ0v) is 15.8. The minimum atomic E-state index is 0.361. The number of unbranched alkanes of at least 4 members (excludes halogenated alkanes) is 9. The lowest BCUT2D eigenvalue weighted by atomic mass is 10.2. The van der Waals surface area contributed by atoms with Gasteiger partial charge in [-0.1, -0.05) is 91.4 Å². The van der Waals surface area contributed by atoms with Gasteiger partial charge in [0.25, 0.3) is 0 Å². The normalized spacial score (nSPS) is 10.0. The topological polar surface area (TPSA) is 20.2 Å². The molecule has 0 aliphatic heterocycles. The van der Waals surface area contributed by atoms with Crippen LogP contribution in [0.15, 0.2) is 0 Å². The van der Waals surface area contributed by atoms with Gasteiger partial charge < -0.3 is 5.11 Å². The van der Waals surface area contributed by atoms with Crippen LogP contribution in [0.2, 0.25) is 10.6 Å². The molecule has 0 aromatic rings. The predicted octanol–water partition coefficient (Wildman–Crippen LogP) is 6.25. The molecule has 0 aliphatic carbocycles. The molecule has 2 heteroatoms. The number of hydrogen-bond donors (Lipinski definition) is 1. The van der Waals surface area contributed by atoms with Crippen molar-refractivity contribution in [1.29, 1.82) is 0 Å². The average Bonchev–Trinajstić information content (AvgIpc) is 2.47. The third-order valence-corrected chi connectivity index (χ3v) is 5.17. The van der Waals surface area contributed by atoms with Crippen molar-refractivity contribution in [3.63, 3.8) is 0 Å². The molecule has 0 saturated carbocycles. The fraction of sp³-hybridized carbons (Fsp3) is 1.00. The molecule has 0 atom stereocenters. The summed E-state index contributed by atoms with van der Waals surface area (Å²) in [6, 6.07) is 0. The van der Waals surface area contributed by atoms with Crippen molar-refractivity contribution < 1.29 is 5.11 Å². The van der Waals surface area contributed by atoms with Gasteiger partial charge in [0, 0.05) is 6.61 Å². The lowest BCUT2D eigenvalue weighted by molar-refractivity contribution is 0.283. The van der Waals surface area contributed by atoms with Crippen LogP contribution in [0.4, 0.5) is 0 Å². The van der Waals surface area contributed by atoms with Crippen LogP contribution in [0.3, 0.4) is 0 Å². The molecule has 0 fully saturated rings. The van der Waals surface area contributed by atoms with Crippen molar-refractivity contribution >= 4 is 15.2 Å². The minimum Gasteiger partial charge on any atom is -0.396 e. The van der Waals surface area contributed by atoms with Gasteiger partial charge in [-0.2, -0.15) is 0 Å². The quantitative estimate of drug-likeness (QED) is 0.297. The van der Waals surface area contributed by atoms with Crippen LogP contribution in [-0.2, 0) is 0 Å². The van der Waals surface area contributed by atoms with Gasteiger partial charge in [0.2, 0.25) is 0 Å². The van der Waals surface area contributed by atoms with Gasteiger partial charge in [-0.25, -0.2) is 0 Å². The second-order valence-corrected chi connectivity index (χ2v) is 7.50. The molecule has 1 radical (unpaired) electrons. The average molecular weight is 299 g/mol. The lowest BCUT2D eigenvalue weighted by Crippen LogP contribution is -1.89. The summed E-state index contributed by atoms with van der Waals surface area (Å²) in [6.45, 7) is 7.10. The SMILES string of the molecule is CCCCCCO.CCCCC[CH2][Al][CH2]CCCCC. The van der Waals surface area contributed by atoms with E-state index in [0.29, 0.717) is 6.61 Å². The fourth-order valence-corrected chi connectivity index (χ4v) is 3.56. The maximum absolute atomic E-state index is 8.29. The molecule has 0 unspecified atom stereocenters. The Hall–Kier alpha value is 0.492. The molecule has 0 spiro atoms. The zero-order valence-electron chi connectivity index (χ0n) is 14.6. The molecule has 0 aromatic carbocycles. The summed E-state index contributed by atoms with van der Waals surface area (Å²) < 4.78 is 0. The molecule has 0 heterocycles. The van der Waals surface area contributed by atoms with Crippen molar-refractivity contribution in [2.75, 3.05) is 6.61 Å². The maximum atomic E-state index is 8.29. The van der Waals surface area contributed by atoms with E-state index in [1.807, 2.05) is 0 Å². The number of aliphatic hydroxyl groups excluding tert-OH is 1. The van der Waals surface area contributed by atoms with Crippen LogP contribution in [-0.4, -0.2) is 26.9 Å². The van der Waals surface area contributed by atoms with Crippen molar-refractivity contribution in [2.24, 2.45) is 0 Å². The Bertz CT molecular complexity index is 125. The van der Waals surface area contributed by atoms with Gasteiger partial charge in [-0.3, -0.25) is 0 Å². The first kappa shape index (κ1) is 22.8. The van der Waals surface area contributed by atoms with Crippen LogP contribution in [0.25, 0.3) is 0 Å². The van der Waals surface area contributed by atoms with Crippen LogP contribution < -0.4 is 0 Å². The molecule has 0 amide bonds. The molecule has 0 saturated heterocycles. The molecular formula is C18H40AlO. The molecule has 1 N–H and O–H groups in total. The molecule has 121 valence electrons. The molecule has 0 aromatic heterocycles. The van der Waals surface area contributed by atoms with Crippen molar-refractivity contribution in [3.8, 4) is 0 Å². The zero-order chi connectivity index (χ0) is 15.3. The second-order valence-electron chi connectivity index (χ2n) is 5.77. The second kappa shape index (κ2) is 24.5. The number of aliphatic hydroxyl groups is 1. The van der Waals surface area contributed by atoms with Crippen LogP contribution in [0.1, 0.15) is 97.8 Å². The predicted molar refractivity (Wildman–Crippen MR) is 94.9 cm³/mol. The Labute approximate surface area is 135 Å². The first-order valence-corrected chi connectivity index (χ1v) is 10.9. The Kier molecular flexibility index (Phi) is 27.9. The number of hydrogen-bond acceptors (Lipinski definition) is 1. The van der Waals surface area contributed by atoms with Gasteiger partial charge >= 0.3 is 0 Å². The summed E-state index contributed by atoms with van der Waals surface area (Å²) in [7, 11) is 0. The Balaban J connectivity index is 0. The summed E-state index contributed by atoms with van der Waals surface area (Å²) in [5, 5.41) is 11.4. The van der Waals surface area contributed by atoms with Crippen molar-refractivity contribution in [1.82, 2.24) is 0 Å². The van der Waals surface area contributed by atoms with E-state index in [9.17, 15) is 0 Å². The summed E-state index contributed by atoms with van der Waals surface area (Å²) in [6.07, 6.45) is 16.3. The van der Waals surface area contributed by atoms with Gasteiger partial charge in [-0.15, -0.1) is 10.6 Å². The largest absolute Gasteiger partial charge is 0.396 e. The van der Waals surface area contributed by atoms with E-state index >= 15 is 0 Å². The van der Waals surface area contributed by atoms with Crippen molar-refractivity contribution in [2.45, 2.75) is 108 Å². The third kappa shape index (κ3) is 26.9. The highest BCUT2D eigenvalue weighted by Crippen LogP contribution is 2.07. The fourth-order valence-electron chi connectivity index (χ4n) is 2.11. The summed E-state index contributed by atoms with van der Waals surface area (Å²) in [4.78, 5) is 0. The highest BCUT2D eigenvalue weighted by Gasteiger charge is 1.93. The first-order valence-electron chi connectivity index (χ1n) is 9.25. The Morgan fingerprint density at radius 3 is 1.30 bits per heavy atom. The van der Waals surface area contributed by atoms with Crippen LogP contribution in [0, 0.1) is 0 Å². The number of rotatable bonds is 14. The van der Waals surface area contributed by atoms with E-state index in [4.69, 9.17) is 5.11 Å². The third-order valence-electron chi connectivity index (χ3n) is 3.54. The van der Waals surface area contributed by atoms with Gasteiger partial charge in [0.05, 0.1) is 0 Å². The summed E-state index contributed by atoms with van der Waals surface area (Å²) >= 11 is 0.805. The van der Waals surface area contributed by atoms with Gasteiger partial charge in [-0.05, 0) is 6.42 Å². The molecule has 0 bridgehead atoms. The highest BCUT2D eigenvalue weighted by atomic mass is 27.1. The monoisotopic (exact) mass is 299 g/mol. The van der Waals surface area contributed by atoms with Crippen LogP contribution >= 0.6 is 0 Å². The molecular weight excluding hydrogens is 259 g/mol. The van der Waals surface area contributed by atoms with E-state index in [1.165, 1.54) is 70.6 Å². The lowest BCUT2D eigenvalue weighted by Gasteiger charge is -1.99. The first-order chi connectivity index (χ1) is 9.83. The van der Waals surface area contributed by atoms with E-state index in [-0.39, 0.29) is 0 Å².